The third kappa shape index (κ3) is 3.41. The van der Waals surface area contributed by atoms with Crippen LogP contribution in [0.2, 0.25) is 0 Å². The van der Waals surface area contributed by atoms with Crippen LogP contribution in [0.25, 0.3) is 0 Å². The lowest BCUT2D eigenvalue weighted by Crippen LogP contribution is -2.41. The van der Waals surface area contributed by atoms with Gasteiger partial charge >= 0.3 is 0 Å². The van der Waals surface area contributed by atoms with Gasteiger partial charge in [-0.25, -0.2) is 13.1 Å². The molecule has 1 heterocycles. The van der Waals surface area contributed by atoms with Gasteiger partial charge in [0.2, 0.25) is 10.0 Å². The van der Waals surface area contributed by atoms with Crippen molar-refractivity contribution in [2.45, 2.75) is 43.7 Å². The summed E-state index contributed by atoms with van der Waals surface area (Å²) in [6, 6.07) is 14.1. The van der Waals surface area contributed by atoms with Crippen LogP contribution in [0.15, 0.2) is 53.4 Å². The van der Waals surface area contributed by atoms with Gasteiger partial charge in [-0.1, -0.05) is 35.9 Å². The van der Waals surface area contributed by atoms with E-state index in [2.05, 4.69) is 4.72 Å². The van der Waals surface area contributed by atoms with E-state index in [4.69, 9.17) is 4.74 Å². The first-order chi connectivity index (χ1) is 10.8. The Bertz CT molecular complexity index is 810. The van der Waals surface area contributed by atoms with Gasteiger partial charge in [-0.3, -0.25) is 0 Å². The summed E-state index contributed by atoms with van der Waals surface area (Å²) >= 11 is 0. The van der Waals surface area contributed by atoms with Crippen molar-refractivity contribution < 1.29 is 13.2 Å². The van der Waals surface area contributed by atoms with Crippen molar-refractivity contribution in [3.05, 3.63) is 59.7 Å². The Labute approximate surface area is 137 Å². The van der Waals surface area contributed by atoms with Gasteiger partial charge in [-0.15, -0.1) is 0 Å². The molecule has 5 heteroatoms. The van der Waals surface area contributed by atoms with Crippen LogP contribution >= 0.6 is 0 Å². The van der Waals surface area contributed by atoms with E-state index >= 15 is 0 Å². The van der Waals surface area contributed by atoms with Crippen molar-refractivity contribution in [2.24, 2.45) is 0 Å². The number of rotatable bonds is 3. The summed E-state index contributed by atoms with van der Waals surface area (Å²) < 4.78 is 34.1. The minimum atomic E-state index is -3.58. The predicted octanol–water partition coefficient (Wildman–Crippen LogP) is 3.58. The first kappa shape index (κ1) is 16.0. The van der Waals surface area contributed by atoms with Crippen molar-refractivity contribution >= 4 is 10.0 Å². The Morgan fingerprint density at radius 1 is 1.09 bits per heavy atom. The molecule has 1 aliphatic rings. The zero-order valence-electron chi connectivity index (χ0n) is 13.5. The summed E-state index contributed by atoms with van der Waals surface area (Å²) in [5, 5.41) is 0. The Kier molecular flexibility index (Phi) is 3.94. The van der Waals surface area contributed by atoms with Gasteiger partial charge in [-0.05, 0) is 39.0 Å². The van der Waals surface area contributed by atoms with Crippen LogP contribution < -0.4 is 9.46 Å². The monoisotopic (exact) mass is 331 g/mol. The highest BCUT2D eigenvalue weighted by atomic mass is 32.2. The van der Waals surface area contributed by atoms with Crippen molar-refractivity contribution in [1.29, 1.82) is 0 Å². The van der Waals surface area contributed by atoms with Crippen LogP contribution in [-0.2, 0) is 10.0 Å². The van der Waals surface area contributed by atoms with E-state index in [9.17, 15) is 8.42 Å². The Morgan fingerprint density at radius 3 is 2.43 bits per heavy atom. The number of aryl methyl sites for hydroxylation is 1. The molecular weight excluding hydrogens is 310 g/mol. The molecule has 4 nitrogen and oxygen atoms in total. The molecular formula is C18H21NO3S. The first-order valence-electron chi connectivity index (χ1n) is 7.64. The maximum absolute atomic E-state index is 12.7. The van der Waals surface area contributed by atoms with Crippen molar-refractivity contribution in [2.75, 3.05) is 0 Å². The molecule has 0 bridgehead atoms. The number of nitrogens with one attached hydrogen (secondary N) is 1. The van der Waals surface area contributed by atoms with Crippen LogP contribution in [0.5, 0.6) is 5.75 Å². The summed E-state index contributed by atoms with van der Waals surface area (Å²) in [4.78, 5) is 0.282. The summed E-state index contributed by atoms with van der Waals surface area (Å²) in [6.07, 6.45) is 0.578. The third-order valence-corrected chi connectivity index (χ3v) is 5.49. The number of fused-ring (bicyclic) bond motifs is 1. The molecule has 2 aromatic rings. The maximum Gasteiger partial charge on any atom is 0.241 e. The van der Waals surface area contributed by atoms with E-state index in [1.54, 1.807) is 24.3 Å². The molecule has 0 saturated carbocycles. The van der Waals surface area contributed by atoms with Gasteiger partial charge in [0.05, 0.1) is 10.9 Å². The molecule has 1 aliphatic heterocycles. The molecule has 0 saturated heterocycles. The minimum absolute atomic E-state index is 0.282. The second kappa shape index (κ2) is 5.65. The molecule has 1 atom stereocenters. The Hall–Kier alpha value is -1.85. The molecule has 0 spiro atoms. The van der Waals surface area contributed by atoms with Crippen LogP contribution in [-0.4, -0.2) is 14.0 Å². The maximum atomic E-state index is 12.7. The fraction of sp³-hybridized carbons (Fsp3) is 0.333. The fourth-order valence-corrected chi connectivity index (χ4v) is 4.10. The number of benzene rings is 2. The van der Waals surface area contributed by atoms with Gasteiger partial charge in [0.1, 0.15) is 11.4 Å². The Morgan fingerprint density at radius 2 is 1.74 bits per heavy atom. The van der Waals surface area contributed by atoms with Gasteiger partial charge in [-0.2, -0.15) is 0 Å². The molecule has 0 fully saturated rings. The number of sulfonamides is 1. The van der Waals surface area contributed by atoms with Crippen LogP contribution in [0, 0.1) is 6.92 Å². The number of para-hydroxylation sites is 1. The molecule has 0 aromatic heterocycles. The topological polar surface area (TPSA) is 55.4 Å². The van der Waals surface area contributed by atoms with E-state index in [-0.39, 0.29) is 10.9 Å². The average Bonchev–Trinajstić information content (AvgIpc) is 2.46. The number of hydrogen-bond donors (Lipinski definition) is 1. The van der Waals surface area contributed by atoms with Crippen LogP contribution in [0.1, 0.15) is 37.4 Å². The van der Waals surface area contributed by atoms with Gasteiger partial charge in [0.25, 0.3) is 0 Å². The lowest BCUT2D eigenvalue weighted by molar-refractivity contribution is 0.0702. The molecule has 0 radical (unpaired) electrons. The van der Waals surface area contributed by atoms with E-state index in [0.29, 0.717) is 6.42 Å². The SMILES string of the molecule is Cc1ccc(S(=O)(=O)NC2CC(C)(C)Oc3ccccc32)cc1. The lowest BCUT2D eigenvalue weighted by Gasteiger charge is -2.37. The second-order valence-corrected chi connectivity index (χ2v) is 8.30. The highest BCUT2D eigenvalue weighted by Crippen LogP contribution is 2.39. The van der Waals surface area contributed by atoms with E-state index in [1.807, 2.05) is 45.0 Å². The van der Waals surface area contributed by atoms with Gasteiger partial charge in [0, 0.05) is 12.0 Å². The fourth-order valence-electron chi connectivity index (χ4n) is 2.88. The average molecular weight is 331 g/mol. The quantitative estimate of drug-likeness (QED) is 0.935. The lowest BCUT2D eigenvalue weighted by atomic mass is 9.90. The molecule has 3 rings (SSSR count). The first-order valence-corrected chi connectivity index (χ1v) is 9.12. The highest BCUT2D eigenvalue weighted by Gasteiger charge is 2.35. The summed E-state index contributed by atoms with van der Waals surface area (Å²) in [5.41, 5.74) is 1.48. The largest absolute Gasteiger partial charge is 0.487 e. The summed E-state index contributed by atoms with van der Waals surface area (Å²) in [6.45, 7) is 5.87. The molecule has 122 valence electrons. The summed E-state index contributed by atoms with van der Waals surface area (Å²) in [5.74, 6) is 0.736. The van der Waals surface area contributed by atoms with Crippen LogP contribution in [0.4, 0.5) is 0 Å². The molecule has 1 N–H and O–H groups in total. The zero-order chi connectivity index (χ0) is 16.7. The third-order valence-electron chi connectivity index (χ3n) is 4.01. The van der Waals surface area contributed by atoms with E-state index in [1.165, 1.54) is 0 Å². The highest BCUT2D eigenvalue weighted by molar-refractivity contribution is 7.89. The van der Waals surface area contributed by atoms with Crippen molar-refractivity contribution in [3.8, 4) is 5.75 Å². The van der Waals surface area contributed by atoms with Crippen LogP contribution in [0.3, 0.4) is 0 Å². The van der Waals surface area contributed by atoms with Crippen molar-refractivity contribution in [1.82, 2.24) is 4.72 Å². The second-order valence-electron chi connectivity index (χ2n) is 6.59. The van der Waals surface area contributed by atoms with Crippen molar-refractivity contribution in [3.63, 3.8) is 0 Å². The predicted molar refractivity (Wildman–Crippen MR) is 90.0 cm³/mol. The zero-order valence-corrected chi connectivity index (χ0v) is 14.4. The van der Waals surface area contributed by atoms with E-state index < -0.39 is 15.6 Å². The normalized spacial score (nSPS) is 19.7. The molecule has 0 aliphatic carbocycles. The number of ether oxygens (including phenoxy) is 1. The van der Waals surface area contributed by atoms with Gasteiger partial charge < -0.3 is 4.74 Å². The molecule has 23 heavy (non-hydrogen) atoms. The van der Waals surface area contributed by atoms with E-state index in [0.717, 1.165) is 16.9 Å². The molecule has 2 aromatic carbocycles. The molecule has 0 amide bonds. The Balaban J connectivity index is 1.94. The minimum Gasteiger partial charge on any atom is -0.487 e. The summed E-state index contributed by atoms with van der Waals surface area (Å²) in [7, 11) is -3.58. The number of hydrogen-bond acceptors (Lipinski definition) is 3. The molecule has 1 unspecified atom stereocenters. The van der Waals surface area contributed by atoms with Gasteiger partial charge in [0.15, 0.2) is 0 Å². The smallest absolute Gasteiger partial charge is 0.241 e. The standard InChI is InChI=1S/C18H21NO3S/c1-13-8-10-14(11-9-13)23(20,21)19-16-12-18(2,3)22-17-7-5-4-6-15(16)17/h4-11,16,19H,12H2,1-3H3.